The normalized spacial score (nSPS) is 13.7. The monoisotopic (exact) mass is 258 g/mol. The predicted molar refractivity (Wildman–Crippen MR) is 79.8 cm³/mol. The maximum absolute atomic E-state index is 9.00. The summed E-state index contributed by atoms with van der Waals surface area (Å²) in [5, 5.41) is 7.42. The number of hydrogen-bond acceptors (Lipinski definition) is 1. The van der Waals surface area contributed by atoms with Crippen molar-refractivity contribution in [2.75, 3.05) is 0 Å². The summed E-state index contributed by atoms with van der Waals surface area (Å²) in [6.45, 7) is 24.8. The Bertz CT molecular complexity index is 229. The van der Waals surface area contributed by atoms with E-state index in [1.165, 1.54) is 0 Å². The van der Waals surface area contributed by atoms with Crippen LogP contribution < -0.4 is 0 Å². The first-order valence-corrected chi connectivity index (χ1v) is 6.68. The summed E-state index contributed by atoms with van der Waals surface area (Å²) in [5.74, 6) is -0.833. The van der Waals surface area contributed by atoms with Crippen LogP contribution in [-0.2, 0) is 4.79 Å². The van der Waals surface area contributed by atoms with Crippen molar-refractivity contribution in [2.24, 2.45) is 21.7 Å². The van der Waals surface area contributed by atoms with Gasteiger partial charge in [-0.05, 0) is 21.7 Å². The van der Waals surface area contributed by atoms with E-state index in [9.17, 15) is 0 Å². The molecule has 0 aromatic heterocycles. The Morgan fingerprint density at radius 1 is 0.667 bits per heavy atom. The summed E-state index contributed by atoms with van der Waals surface area (Å²) in [6, 6.07) is 0. The largest absolute Gasteiger partial charge is 0.481 e. The van der Waals surface area contributed by atoms with Crippen LogP contribution in [0.3, 0.4) is 0 Å². The lowest BCUT2D eigenvalue weighted by atomic mass is 9.46. The van der Waals surface area contributed by atoms with Crippen molar-refractivity contribution in [1.29, 1.82) is 0 Å². The fraction of sp³-hybridized carbons (Fsp3) is 0.938. The van der Waals surface area contributed by atoms with Gasteiger partial charge in [0.05, 0.1) is 0 Å². The SMILES string of the molecule is CC(=O)O.CC(C)(C)C(C)(C(C)(C)C)C(C)(C)C. The lowest BCUT2D eigenvalue weighted by molar-refractivity contribution is -0.134. The summed E-state index contributed by atoms with van der Waals surface area (Å²) < 4.78 is 0. The van der Waals surface area contributed by atoms with E-state index in [1.807, 2.05) is 0 Å². The molecule has 0 spiro atoms. The average Bonchev–Trinajstić information content (AvgIpc) is 1.94. The molecule has 0 aliphatic rings. The van der Waals surface area contributed by atoms with Crippen molar-refractivity contribution < 1.29 is 9.90 Å². The van der Waals surface area contributed by atoms with E-state index in [1.54, 1.807) is 0 Å². The second kappa shape index (κ2) is 5.63. The van der Waals surface area contributed by atoms with Crippen LogP contribution in [-0.4, -0.2) is 11.1 Å². The maximum Gasteiger partial charge on any atom is 0.300 e. The Kier molecular flexibility index (Phi) is 6.19. The second-order valence-corrected chi connectivity index (χ2v) is 8.39. The van der Waals surface area contributed by atoms with Gasteiger partial charge in [0.2, 0.25) is 0 Å². The van der Waals surface area contributed by atoms with Gasteiger partial charge < -0.3 is 5.11 Å². The van der Waals surface area contributed by atoms with Gasteiger partial charge in [-0.1, -0.05) is 69.2 Å². The third-order valence-corrected chi connectivity index (χ3v) is 4.50. The molecule has 0 aliphatic carbocycles. The minimum atomic E-state index is -0.833. The molecule has 0 bridgehead atoms. The third kappa shape index (κ3) is 4.62. The van der Waals surface area contributed by atoms with Crippen LogP contribution >= 0.6 is 0 Å². The molecule has 18 heavy (non-hydrogen) atoms. The lowest BCUT2D eigenvalue weighted by Crippen LogP contribution is -2.52. The number of hydrogen-bond donors (Lipinski definition) is 1. The van der Waals surface area contributed by atoms with Crippen LogP contribution in [0.1, 0.15) is 76.2 Å². The Balaban J connectivity index is 0. The highest BCUT2D eigenvalue weighted by Crippen LogP contribution is 2.60. The molecule has 0 aromatic rings. The minimum Gasteiger partial charge on any atom is -0.481 e. The molecule has 110 valence electrons. The zero-order chi connectivity index (χ0) is 15.6. The van der Waals surface area contributed by atoms with Gasteiger partial charge in [-0.3, -0.25) is 4.79 Å². The van der Waals surface area contributed by atoms with Gasteiger partial charge in [0.15, 0.2) is 0 Å². The van der Waals surface area contributed by atoms with E-state index in [0.29, 0.717) is 21.7 Å². The molecule has 0 rings (SSSR count). The van der Waals surface area contributed by atoms with E-state index < -0.39 is 5.97 Å². The van der Waals surface area contributed by atoms with Crippen LogP contribution in [0.2, 0.25) is 0 Å². The zero-order valence-electron chi connectivity index (χ0n) is 14.4. The fourth-order valence-electron chi connectivity index (χ4n) is 3.38. The molecule has 0 heterocycles. The molecular formula is C16H34O2. The Morgan fingerprint density at radius 3 is 0.778 bits per heavy atom. The molecule has 1 N–H and O–H groups in total. The fourth-order valence-corrected chi connectivity index (χ4v) is 3.38. The zero-order valence-corrected chi connectivity index (χ0v) is 14.4. The van der Waals surface area contributed by atoms with Crippen molar-refractivity contribution in [1.82, 2.24) is 0 Å². The molecule has 0 saturated carbocycles. The van der Waals surface area contributed by atoms with Gasteiger partial charge in [-0.15, -0.1) is 0 Å². The Labute approximate surface area is 114 Å². The smallest absolute Gasteiger partial charge is 0.300 e. The Hall–Kier alpha value is -0.530. The van der Waals surface area contributed by atoms with E-state index in [2.05, 4.69) is 69.2 Å². The van der Waals surface area contributed by atoms with Crippen LogP contribution in [0.25, 0.3) is 0 Å². The van der Waals surface area contributed by atoms with Crippen molar-refractivity contribution in [2.45, 2.75) is 76.2 Å². The van der Waals surface area contributed by atoms with Gasteiger partial charge in [-0.2, -0.15) is 0 Å². The first-order valence-electron chi connectivity index (χ1n) is 6.68. The molecule has 2 heteroatoms. The first-order chi connectivity index (χ1) is 7.48. The van der Waals surface area contributed by atoms with Gasteiger partial charge in [-0.25, -0.2) is 0 Å². The standard InChI is InChI=1S/C14H30.C2H4O2/c1-11(2,3)14(10,12(4,5)6)13(7,8)9;1-2(3)4/h1-10H3;1H3,(H,3,4). The summed E-state index contributed by atoms with van der Waals surface area (Å²) >= 11 is 0. The number of aliphatic carboxylic acids is 1. The molecule has 0 fully saturated rings. The molecule has 0 atom stereocenters. The second-order valence-electron chi connectivity index (χ2n) is 8.39. The van der Waals surface area contributed by atoms with Gasteiger partial charge in [0.25, 0.3) is 5.97 Å². The van der Waals surface area contributed by atoms with Crippen LogP contribution in [0, 0.1) is 21.7 Å². The number of carboxylic acid groups (broad SMARTS) is 1. The van der Waals surface area contributed by atoms with Crippen molar-refractivity contribution in [3.63, 3.8) is 0 Å². The highest BCUT2D eigenvalue weighted by atomic mass is 16.4. The third-order valence-electron chi connectivity index (χ3n) is 4.50. The Morgan fingerprint density at radius 2 is 0.778 bits per heavy atom. The van der Waals surface area contributed by atoms with Crippen LogP contribution in [0.4, 0.5) is 0 Å². The highest BCUT2D eigenvalue weighted by Gasteiger charge is 2.53. The number of rotatable bonds is 0. The van der Waals surface area contributed by atoms with Crippen LogP contribution in [0.5, 0.6) is 0 Å². The summed E-state index contributed by atoms with van der Waals surface area (Å²) in [6.07, 6.45) is 0. The number of carbonyl (C=O) groups is 1. The summed E-state index contributed by atoms with van der Waals surface area (Å²) in [4.78, 5) is 9.00. The van der Waals surface area contributed by atoms with Gasteiger partial charge in [0.1, 0.15) is 0 Å². The molecule has 0 aliphatic heterocycles. The molecule has 0 unspecified atom stereocenters. The molecular weight excluding hydrogens is 224 g/mol. The lowest BCUT2D eigenvalue weighted by Gasteiger charge is -2.59. The van der Waals surface area contributed by atoms with Crippen LogP contribution in [0.15, 0.2) is 0 Å². The molecule has 0 saturated heterocycles. The topological polar surface area (TPSA) is 37.3 Å². The molecule has 0 radical (unpaired) electrons. The minimum absolute atomic E-state index is 0.312. The molecule has 2 nitrogen and oxygen atoms in total. The van der Waals surface area contributed by atoms with Crippen molar-refractivity contribution in [3.05, 3.63) is 0 Å². The number of carboxylic acids is 1. The molecule has 0 aromatic carbocycles. The highest BCUT2D eigenvalue weighted by molar-refractivity contribution is 5.62. The predicted octanol–water partition coefficient (Wildman–Crippen LogP) is 5.22. The quantitative estimate of drug-likeness (QED) is 0.646. The first kappa shape index (κ1) is 19.8. The summed E-state index contributed by atoms with van der Waals surface area (Å²) in [7, 11) is 0. The van der Waals surface area contributed by atoms with Crippen molar-refractivity contribution in [3.8, 4) is 0 Å². The van der Waals surface area contributed by atoms with E-state index in [4.69, 9.17) is 9.90 Å². The van der Waals surface area contributed by atoms with E-state index in [-0.39, 0.29) is 0 Å². The van der Waals surface area contributed by atoms with E-state index in [0.717, 1.165) is 6.92 Å². The summed E-state index contributed by atoms with van der Waals surface area (Å²) in [5.41, 5.74) is 1.28. The van der Waals surface area contributed by atoms with Crippen molar-refractivity contribution >= 4 is 5.97 Å². The van der Waals surface area contributed by atoms with E-state index >= 15 is 0 Å². The van der Waals surface area contributed by atoms with Gasteiger partial charge >= 0.3 is 0 Å². The van der Waals surface area contributed by atoms with Gasteiger partial charge in [0, 0.05) is 6.92 Å². The maximum atomic E-state index is 9.00. The average molecular weight is 258 g/mol. The molecule has 0 amide bonds.